The molecule has 0 aliphatic carbocycles. The predicted molar refractivity (Wildman–Crippen MR) is 46.6 cm³/mol. The number of aromatic nitrogens is 3. The van der Waals surface area contributed by atoms with E-state index in [1.54, 1.807) is 0 Å². The molecule has 2 heterocycles. The van der Waals surface area contributed by atoms with Gasteiger partial charge in [0.25, 0.3) is 0 Å². The highest BCUT2D eigenvalue weighted by Gasteiger charge is 1.96. The van der Waals surface area contributed by atoms with E-state index in [9.17, 15) is 0 Å². The van der Waals surface area contributed by atoms with Crippen molar-refractivity contribution in [3.63, 3.8) is 0 Å². The molecule has 0 amide bonds. The van der Waals surface area contributed by atoms with Gasteiger partial charge in [-0.3, -0.25) is 9.67 Å². The van der Waals surface area contributed by atoms with Gasteiger partial charge >= 0.3 is 0 Å². The van der Waals surface area contributed by atoms with E-state index >= 15 is 0 Å². The van der Waals surface area contributed by atoms with Crippen molar-refractivity contribution in [3.8, 4) is 5.13 Å². The van der Waals surface area contributed by atoms with Gasteiger partial charge in [-0.15, -0.1) is 5.10 Å². The zero-order valence-electron chi connectivity index (χ0n) is 5.52. The second kappa shape index (κ2) is 2.60. The quantitative estimate of drug-likeness (QED) is 0.686. The third-order valence-electron chi connectivity index (χ3n) is 1.25. The molecule has 0 saturated heterocycles. The Balaban J connectivity index is 2.53. The van der Waals surface area contributed by atoms with Crippen LogP contribution in [0.25, 0.3) is 5.13 Å². The van der Waals surface area contributed by atoms with Gasteiger partial charge in [-0.2, -0.15) is 0 Å². The smallest absolute Gasteiger partial charge is 0.214 e. The summed E-state index contributed by atoms with van der Waals surface area (Å²) in [5, 5.41) is 7.60. The summed E-state index contributed by atoms with van der Waals surface area (Å²) in [5.41, 5.74) is 0. The van der Waals surface area contributed by atoms with E-state index < -0.39 is 0 Å². The van der Waals surface area contributed by atoms with Crippen molar-refractivity contribution in [3.05, 3.63) is 28.5 Å². The molecule has 0 atom stereocenters. The van der Waals surface area contributed by atoms with Gasteiger partial charge in [0.15, 0.2) is 3.95 Å². The van der Waals surface area contributed by atoms with Crippen LogP contribution < -0.4 is 0 Å². The van der Waals surface area contributed by atoms with Crippen LogP contribution in [0.3, 0.4) is 0 Å². The van der Waals surface area contributed by atoms with Gasteiger partial charge in [0.2, 0.25) is 5.13 Å². The number of aromatic amines is 1. The highest BCUT2D eigenvalue weighted by Crippen LogP contribution is 2.10. The van der Waals surface area contributed by atoms with Crippen molar-refractivity contribution in [2.24, 2.45) is 0 Å². The van der Waals surface area contributed by atoms with Gasteiger partial charge in [-0.25, -0.2) is 0 Å². The minimum Gasteiger partial charge on any atom is -0.299 e. The van der Waals surface area contributed by atoms with Crippen LogP contribution in [0, 0.1) is 3.95 Å². The van der Waals surface area contributed by atoms with E-state index in [-0.39, 0.29) is 0 Å². The molecule has 0 bridgehead atoms. The highest BCUT2D eigenvalue weighted by atomic mass is 32.1. The number of hydrogen-bond acceptors (Lipinski definition) is 3. The van der Waals surface area contributed by atoms with Crippen molar-refractivity contribution in [1.82, 2.24) is 14.8 Å². The molecule has 3 nitrogen and oxygen atoms in total. The lowest BCUT2D eigenvalue weighted by molar-refractivity contribution is 0.970. The van der Waals surface area contributed by atoms with Crippen LogP contribution in [0.15, 0.2) is 24.5 Å². The summed E-state index contributed by atoms with van der Waals surface area (Å²) in [5.74, 6) is 0. The number of rotatable bonds is 1. The summed E-state index contributed by atoms with van der Waals surface area (Å²) < 4.78 is 2.62. The Morgan fingerprint density at radius 2 is 2.18 bits per heavy atom. The van der Waals surface area contributed by atoms with Gasteiger partial charge in [0, 0.05) is 12.4 Å². The number of hydrogen-bond donors (Lipinski definition) is 1. The molecular formula is C6H5N3S2. The maximum absolute atomic E-state index is 4.89. The average Bonchev–Trinajstić information content (AvgIpc) is 2.55. The van der Waals surface area contributed by atoms with Gasteiger partial charge in [-0.05, 0) is 24.4 Å². The first-order chi connectivity index (χ1) is 5.36. The molecule has 0 fully saturated rings. The first-order valence-electron chi connectivity index (χ1n) is 3.05. The lowest BCUT2D eigenvalue weighted by atomic mass is 10.7. The summed E-state index contributed by atoms with van der Waals surface area (Å²) in [7, 11) is 0. The molecule has 2 aromatic heterocycles. The van der Waals surface area contributed by atoms with E-state index in [1.165, 1.54) is 11.3 Å². The Morgan fingerprint density at radius 3 is 2.73 bits per heavy atom. The first kappa shape index (κ1) is 6.75. The van der Waals surface area contributed by atoms with Crippen LogP contribution >= 0.6 is 23.6 Å². The topological polar surface area (TPSA) is 33.6 Å². The van der Waals surface area contributed by atoms with Crippen LogP contribution in [0.2, 0.25) is 0 Å². The van der Waals surface area contributed by atoms with Crippen molar-refractivity contribution < 1.29 is 0 Å². The molecule has 2 aromatic rings. The molecule has 0 aliphatic heterocycles. The second-order valence-corrected chi connectivity index (χ2v) is 3.63. The molecule has 2 rings (SSSR count). The Morgan fingerprint density at radius 1 is 1.45 bits per heavy atom. The average molecular weight is 183 g/mol. The van der Waals surface area contributed by atoms with Crippen LogP contribution in [0.4, 0.5) is 0 Å². The Labute approximate surface area is 72.3 Å². The Kier molecular flexibility index (Phi) is 1.59. The van der Waals surface area contributed by atoms with Crippen LogP contribution in [0.5, 0.6) is 0 Å². The molecule has 1 N–H and O–H groups in total. The minimum atomic E-state index is 0.703. The Bertz CT molecular complexity index is 384. The summed E-state index contributed by atoms with van der Waals surface area (Å²) in [6.07, 6.45) is 3.86. The molecule has 5 heteroatoms. The first-order valence-corrected chi connectivity index (χ1v) is 4.27. The standard InChI is InChI=1S/C6H5N3S2/c10-6-8-7-5(11-6)9-3-1-2-4-9/h1-4H,(H,8,10). The zero-order chi connectivity index (χ0) is 7.68. The maximum Gasteiger partial charge on any atom is 0.214 e. The largest absolute Gasteiger partial charge is 0.299 e. The molecule has 0 aromatic carbocycles. The highest BCUT2D eigenvalue weighted by molar-refractivity contribution is 7.73. The van der Waals surface area contributed by atoms with E-state index in [0.29, 0.717) is 3.95 Å². The molecule has 11 heavy (non-hydrogen) atoms. The fourth-order valence-corrected chi connectivity index (χ4v) is 1.64. The van der Waals surface area contributed by atoms with E-state index in [2.05, 4.69) is 10.2 Å². The third-order valence-corrected chi connectivity index (χ3v) is 2.35. The third kappa shape index (κ3) is 1.24. The summed E-state index contributed by atoms with van der Waals surface area (Å²) in [4.78, 5) is 0. The number of nitrogens with zero attached hydrogens (tertiary/aromatic N) is 2. The minimum absolute atomic E-state index is 0.703. The fourth-order valence-electron chi connectivity index (χ4n) is 0.795. The van der Waals surface area contributed by atoms with Gasteiger partial charge in [-0.1, -0.05) is 11.3 Å². The molecular weight excluding hydrogens is 178 g/mol. The van der Waals surface area contributed by atoms with Crippen molar-refractivity contribution >= 4 is 23.6 Å². The van der Waals surface area contributed by atoms with Crippen molar-refractivity contribution in [1.29, 1.82) is 0 Å². The summed E-state index contributed by atoms with van der Waals surface area (Å²) in [6.45, 7) is 0. The SMILES string of the molecule is S=c1[nH]nc(-n2cccc2)s1. The molecule has 0 radical (unpaired) electrons. The number of nitrogens with one attached hydrogen (secondary N) is 1. The molecule has 56 valence electrons. The molecule has 0 unspecified atom stereocenters. The molecule has 0 aliphatic rings. The zero-order valence-corrected chi connectivity index (χ0v) is 7.15. The lowest BCUT2D eigenvalue weighted by Gasteiger charge is -1.90. The second-order valence-electron chi connectivity index (χ2n) is 1.99. The lowest BCUT2D eigenvalue weighted by Crippen LogP contribution is -1.86. The van der Waals surface area contributed by atoms with Gasteiger partial charge < -0.3 is 0 Å². The summed E-state index contributed by atoms with van der Waals surface area (Å²) in [6, 6.07) is 3.90. The normalized spacial score (nSPS) is 10.2. The fraction of sp³-hybridized carbons (Fsp3) is 0. The predicted octanol–water partition coefficient (Wildman–Crippen LogP) is 1.99. The van der Waals surface area contributed by atoms with Crippen molar-refractivity contribution in [2.45, 2.75) is 0 Å². The van der Waals surface area contributed by atoms with Crippen molar-refractivity contribution in [2.75, 3.05) is 0 Å². The number of H-pyrrole nitrogens is 1. The monoisotopic (exact) mass is 183 g/mol. The van der Waals surface area contributed by atoms with E-state index in [1.807, 2.05) is 29.1 Å². The van der Waals surface area contributed by atoms with Gasteiger partial charge in [0.1, 0.15) is 0 Å². The molecule has 0 spiro atoms. The van der Waals surface area contributed by atoms with Crippen LogP contribution in [0.1, 0.15) is 0 Å². The van der Waals surface area contributed by atoms with E-state index in [4.69, 9.17) is 12.2 Å². The van der Waals surface area contributed by atoms with Crippen LogP contribution in [-0.4, -0.2) is 14.8 Å². The Hall–Kier alpha value is -0.940. The summed E-state index contributed by atoms with van der Waals surface area (Å²) >= 11 is 6.35. The maximum atomic E-state index is 4.89. The molecule has 0 saturated carbocycles. The van der Waals surface area contributed by atoms with Crippen LogP contribution in [-0.2, 0) is 0 Å². The van der Waals surface area contributed by atoms with Gasteiger partial charge in [0.05, 0.1) is 0 Å². The van der Waals surface area contributed by atoms with E-state index in [0.717, 1.165) is 5.13 Å².